The Kier molecular flexibility index (Phi) is 9.16. The summed E-state index contributed by atoms with van der Waals surface area (Å²) >= 11 is 1.75. The van der Waals surface area contributed by atoms with Crippen molar-refractivity contribution < 1.29 is 0 Å². The summed E-state index contributed by atoms with van der Waals surface area (Å²) < 4.78 is 0. The van der Waals surface area contributed by atoms with E-state index in [9.17, 15) is 0 Å². The van der Waals surface area contributed by atoms with Gasteiger partial charge < -0.3 is 10.6 Å². The average molecular weight is 444 g/mol. The maximum atomic E-state index is 4.64. The minimum Gasteiger partial charge on any atom is -0.356 e. The van der Waals surface area contributed by atoms with Gasteiger partial charge in [-0.25, -0.2) is 4.98 Å². The van der Waals surface area contributed by atoms with E-state index in [2.05, 4.69) is 52.0 Å². The Morgan fingerprint density at radius 3 is 2.57 bits per heavy atom. The number of rotatable bonds is 6. The maximum absolute atomic E-state index is 4.64. The van der Waals surface area contributed by atoms with Crippen LogP contribution >= 0.6 is 35.3 Å². The second kappa shape index (κ2) is 10.6. The van der Waals surface area contributed by atoms with Gasteiger partial charge >= 0.3 is 0 Å². The van der Waals surface area contributed by atoms with Crippen molar-refractivity contribution in [2.45, 2.75) is 32.7 Å². The molecule has 4 nitrogen and oxygen atoms in total. The topological polar surface area (TPSA) is 49.3 Å². The number of nitrogens with zero attached hydrogens (tertiary/aromatic N) is 2. The van der Waals surface area contributed by atoms with Crippen LogP contribution in [0, 0.1) is 0 Å². The summed E-state index contributed by atoms with van der Waals surface area (Å²) in [6.45, 7) is 5.96. The van der Waals surface area contributed by atoms with E-state index >= 15 is 0 Å². The summed E-state index contributed by atoms with van der Waals surface area (Å²) in [4.78, 5) is 8.89. The number of thiazole rings is 1. The molecule has 6 heteroatoms. The molecule has 1 aromatic carbocycles. The molecule has 0 amide bonds. The van der Waals surface area contributed by atoms with E-state index in [1.165, 1.54) is 10.6 Å². The largest absolute Gasteiger partial charge is 0.356 e. The normalized spacial score (nSPS) is 11.2. The van der Waals surface area contributed by atoms with Crippen molar-refractivity contribution in [3.8, 4) is 0 Å². The molecule has 0 unspecified atom stereocenters. The predicted molar refractivity (Wildman–Crippen MR) is 110 cm³/mol. The lowest BCUT2D eigenvalue weighted by atomic mass is 10.2. The van der Waals surface area contributed by atoms with Crippen molar-refractivity contribution in [2.75, 3.05) is 13.6 Å². The van der Waals surface area contributed by atoms with Crippen LogP contribution in [-0.2, 0) is 13.0 Å². The molecule has 23 heavy (non-hydrogen) atoms. The molecule has 0 aliphatic rings. The maximum Gasteiger partial charge on any atom is 0.191 e. The van der Waals surface area contributed by atoms with Gasteiger partial charge in [0.2, 0.25) is 0 Å². The fraction of sp³-hybridized carbons (Fsp3) is 0.412. The summed E-state index contributed by atoms with van der Waals surface area (Å²) in [5.41, 5.74) is 2.39. The summed E-state index contributed by atoms with van der Waals surface area (Å²) in [5, 5.41) is 10.0. The Morgan fingerprint density at radius 1 is 1.22 bits per heavy atom. The van der Waals surface area contributed by atoms with Gasteiger partial charge in [-0.15, -0.1) is 35.3 Å². The van der Waals surface area contributed by atoms with E-state index in [1.807, 2.05) is 18.2 Å². The minimum atomic E-state index is 0. The number of guanidine groups is 1. The van der Waals surface area contributed by atoms with Crippen molar-refractivity contribution in [2.24, 2.45) is 4.99 Å². The van der Waals surface area contributed by atoms with Gasteiger partial charge in [-0.1, -0.05) is 44.2 Å². The Labute approximate surface area is 159 Å². The second-order valence-corrected chi connectivity index (χ2v) is 6.31. The monoisotopic (exact) mass is 444 g/mol. The number of aliphatic imine (C=N–C) groups is 1. The fourth-order valence-corrected chi connectivity index (χ4v) is 2.88. The third kappa shape index (κ3) is 6.87. The zero-order valence-electron chi connectivity index (χ0n) is 13.9. The highest BCUT2D eigenvalue weighted by atomic mass is 127. The first kappa shape index (κ1) is 19.9. The van der Waals surface area contributed by atoms with Gasteiger partial charge in [0.15, 0.2) is 5.96 Å². The summed E-state index contributed by atoms with van der Waals surface area (Å²) in [5.74, 6) is 1.33. The van der Waals surface area contributed by atoms with Crippen molar-refractivity contribution in [3.63, 3.8) is 0 Å². The lowest BCUT2D eigenvalue weighted by Gasteiger charge is -2.11. The van der Waals surface area contributed by atoms with Gasteiger partial charge in [0.1, 0.15) is 0 Å². The average Bonchev–Trinajstić information content (AvgIpc) is 3.01. The van der Waals surface area contributed by atoms with Crippen molar-refractivity contribution in [3.05, 3.63) is 52.0 Å². The molecule has 2 N–H and O–H groups in total. The van der Waals surface area contributed by atoms with Crippen LogP contribution in [0.2, 0.25) is 0 Å². The smallest absolute Gasteiger partial charge is 0.191 e. The van der Waals surface area contributed by atoms with E-state index in [0.29, 0.717) is 5.92 Å². The first-order valence-corrected chi connectivity index (χ1v) is 8.49. The molecule has 0 aliphatic carbocycles. The van der Waals surface area contributed by atoms with Crippen LogP contribution < -0.4 is 10.6 Å². The summed E-state index contributed by atoms with van der Waals surface area (Å²) in [6, 6.07) is 10.3. The number of hydrogen-bond acceptors (Lipinski definition) is 3. The molecule has 0 saturated carbocycles. The van der Waals surface area contributed by atoms with Gasteiger partial charge in [0, 0.05) is 37.9 Å². The molecule has 126 valence electrons. The number of aromatic nitrogens is 1. The Hall–Kier alpha value is -1.15. The molecule has 0 fully saturated rings. The van der Waals surface area contributed by atoms with E-state index in [1.54, 1.807) is 18.4 Å². The lowest BCUT2D eigenvalue weighted by Crippen LogP contribution is -2.37. The standard InChI is InChI=1S/C17H24N4S.HI/c1-13(2)16-21-15(12-22-16)9-10-19-17(18-3)20-11-14-7-5-4-6-8-14;/h4-8,12-13H,9-11H2,1-3H3,(H2,18,19,20);1H. The molecular weight excluding hydrogens is 419 g/mol. The Balaban J connectivity index is 0.00000264. The van der Waals surface area contributed by atoms with Crippen LogP contribution in [0.5, 0.6) is 0 Å². The van der Waals surface area contributed by atoms with E-state index < -0.39 is 0 Å². The lowest BCUT2D eigenvalue weighted by molar-refractivity contribution is 0.777. The van der Waals surface area contributed by atoms with E-state index in [-0.39, 0.29) is 24.0 Å². The predicted octanol–water partition coefficient (Wildman–Crippen LogP) is 3.79. The van der Waals surface area contributed by atoms with E-state index in [4.69, 9.17) is 0 Å². The zero-order chi connectivity index (χ0) is 15.8. The molecule has 2 aromatic rings. The number of nitrogens with one attached hydrogen (secondary N) is 2. The molecule has 1 heterocycles. The first-order chi connectivity index (χ1) is 10.7. The highest BCUT2D eigenvalue weighted by Gasteiger charge is 2.05. The van der Waals surface area contributed by atoms with Gasteiger partial charge in [-0.3, -0.25) is 4.99 Å². The molecule has 0 bridgehead atoms. The van der Waals surface area contributed by atoms with Crippen LogP contribution in [0.3, 0.4) is 0 Å². The quantitative estimate of drug-likeness (QED) is 0.405. The van der Waals surface area contributed by atoms with Crippen LogP contribution in [0.1, 0.15) is 36.0 Å². The van der Waals surface area contributed by atoms with Crippen molar-refractivity contribution in [1.29, 1.82) is 0 Å². The molecular formula is C17H25IN4S. The third-order valence-electron chi connectivity index (χ3n) is 3.26. The summed E-state index contributed by atoms with van der Waals surface area (Å²) in [7, 11) is 1.79. The molecule has 1 aromatic heterocycles. The second-order valence-electron chi connectivity index (χ2n) is 5.42. The van der Waals surface area contributed by atoms with Crippen LogP contribution in [0.4, 0.5) is 0 Å². The molecule has 0 radical (unpaired) electrons. The molecule has 2 rings (SSSR count). The van der Waals surface area contributed by atoms with Crippen molar-refractivity contribution >= 4 is 41.3 Å². The minimum absolute atomic E-state index is 0. The van der Waals surface area contributed by atoms with Crippen LogP contribution in [0.25, 0.3) is 0 Å². The van der Waals surface area contributed by atoms with Gasteiger partial charge in [0.05, 0.1) is 10.7 Å². The van der Waals surface area contributed by atoms with Crippen LogP contribution in [0.15, 0.2) is 40.7 Å². The molecule has 0 spiro atoms. The van der Waals surface area contributed by atoms with Gasteiger partial charge in [-0.05, 0) is 5.56 Å². The highest BCUT2D eigenvalue weighted by molar-refractivity contribution is 14.0. The third-order valence-corrected chi connectivity index (χ3v) is 4.46. The number of benzene rings is 1. The van der Waals surface area contributed by atoms with Crippen LogP contribution in [-0.4, -0.2) is 24.5 Å². The first-order valence-electron chi connectivity index (χ1n) is 7.61. The number of halogens is 1. The SMILES string of the molecule is CN=C(NCCc1csc(C(C)C)n1)NCc1ccccc1.I. The summed E-state index contributed by atoms with van der Waals surface area (Å²) in [6.07, 6.45) is 0.912. The Morgan fingerprint density at radius 2 is 1.96 bits per heavy atom. The molecule has 0 aliphatic heterocycles. The highest BCUT2D eigenvalue weighted by Crippen LogP contribution is 2.19. The zero-order valence-corrected chi connectivity index (χ0v) is 17.0. The number of hydrogen-bond donors (Lipinski definition) is 2. The van der Waals surface area contributed by atoms with Crippen molar-refractivity contribution in [1.82, 2.24) is 15.6 Å². The Bertz CT molecular complexity index is 596. The fourth-order valence-electron chi connectivity index (χ4n) is 2.01. The molecule has 0 saturated heterocycles. The van der Waals surface area contributed by atoms with Gasteiger partial charge in [-0.2, -0.15) is 0 Å². The van der Waals surface area contributed by atoms with E-state index in [0.717, 1.165) is 31.2 Å². The molecule has 0 atom stereocenters. The van der Waals surface area contributed by atoms with Gasteiger partial charge in [0.25, 0.3) is 0 Å².